The van der Waals surface area contributed by atoms with E-state index in [0.29, 0.717) is 0 Å². The first-order chi connectivity index (χ1) is 8.24. The molecular weight excluding hydrogens is 260 g/mol. The lowest BCUT2D eigenvalue weighted by Crippen LogP contribution is -2.58. The number of hydrogen-bond acceptors (Lipinski definition) is 4. The molecule has 1 amide bonds. The highest BCUT2D eigenvalue weighted by Crippen LogP contribution is 2.16. The second-order valence-electron chi connectivity index (χ2n) is 4.69. The van der Waals surface area contributed by atoms with Crippen molar-refractivity contribution in [1.29, 1.82) is 0 Å². The Labute approximate surface area is 106 Å². The summed E-state index contributed by atoms with van der Waals surface area (Å²) in [6, 6.07) is -1.14. The SMILES string of the molecule is CC(C)CS(=O)(=O)N1CCNC(=O)C1CC(=O)O. The first-order valence-corrected chi connectivity index (χ1v) is 7.34. The summed E-state index contributed by atoms with van der Waals surface area (Å²) in [5, 5.41) is 11.2. The Bertz CT molecular complexity index is 432. The van der Waals surface area contributed by atoms with Crippen LogP contribution in [0.1, 0.15) is 20.3 Å². The summed E-state index contributed by atoms with van der Waals surface area (Å²) < 4.78 is 25.2. The van der Waals surface area contributed by atoms with Crippen molar-refractivity contribution < 1.29 is 23.1 Å². The van der Waals surface area contributed by atoms with Crippen LogP contribution in [-0.4, -0.2) is 54.6 Å². The quantitative estimate of drug-likeness (QED) is 0.688. The largest absolute Gasteiger partial charge is 0.481 e. The van der Waals surface area contributed by atoms with Crippen molar-refractivity contribution in [2.45, 2.75) is 26.3 Å². The third-order valence-corrected chi connectivity index (χ3v) is 4.79. The van der Waals surface area contributed by atoms with E-state index in [-0.39, 0.29) is 24.8 Å². The first kappa shape index (κ1) is 14.9. The van der Waals surface area contributed by atoms with Crippen molar-refractivity contribution >= 4 is 21.9 Å². The van der Waals surface area contributed by atoms with Gasteiger partial charge in [0.1, 0.15) is 6.04 Å². The van der Waals surface area contributed by atoms with E-state index in [4.69, 9.17) is 5.11 Å². The topological polar surface area (TPSA) is 104 Å². The van der Waals surface area contributed by atoms with Gasteiger partial charge in [0.2, 0.25) is 15.9 Å². The van der Waals surface area contributed by atoms with Crippen molar-refractivity contribution in [3.63, 3.8) is 0 Å². The van der Waals surface area contributed by atoms with Gasteiger partial charge in [-0.2, -0.15) is 4.31 Å². The number of carbonyl (C=O) groups is 2. The van der Waals surface area contributed by atoms with E-state index >= 15 is 0 Å². The maximum absolute atomic E-state index is 12.1. The number of aliphatic carboxylic acids is 1. The molecule has 0 spiro atoms. The number of nitrogens with one attached hydrogen (secondary N) is 1. The number of carboxylic acids is 1. The molecule has 0 saturated carbocycles. The van der Waals surface area contributed by atoms with Crippen molar-refractivity contribution in [3.05, 3.63) is 0 Å². The molecule has 2 N–H and O–H groups in total. The van der Waals surface area contributed by atoms with Gasteiger partial charge in [0.15, 0.2) is 0 Å². The lowest BCUT2D eigenvalue weighted by Gasteiger charge is -2.33. The zero-order valence-electron chi connectivity index (χ0n) is 10.4. The van der Waals surface area contributed by atoms with Crippen molar-refractivity contribution in [3.8, 4) is 0 Å². The van der Waals surface area contributed by atoms with Crippen molar-refractivity contribution in [1.82, 2.24) is 9.62 Å². The lowest BCUT2D eigenvalue weighted by molar-refractivity contribution is -0.141. The van der Waals surface area contributed by atoms with Crippen LogP contribution in [0.5, 0.6) is 0 Å². The second kappa shape index (κ2) is 5.66. The van der Waals surface area contributed by atoms with Gasteiger partial charge in [0.05, 0.1) is 12.2 Å². The molecule has 1 aliphatic heterocycles. The average Bonchev–Trinajstić information content (AvgIpc) is 2.18. The third-order valence-electron chi connectivity index (χ3n) is 2.55. The maximum atomic E-state index is 12.1. The van der Waals surface area contributed by atoms with Crippen LogP contribution in [0.4, 0.5) is 0 Å². The van der Waals surface area contributed by atoms with Gasteiger partial charge in [-0.1, -0.05) is 13.8 Å². The van der Waals surface area contributed by atoms with Crippen LogP contribution in [0.3, 0.4) is 0 Å². The molecule has 0 bridgehead atoms. The van der Waals surface area contributed by atoms with E-state index < -0.39 is 34.4 Å². The minimum atomic E-state index is -3.60. The van der Waals surface area contributed by atoms with Crippen molar-refractivity contribution in [2.75, 3.05) is 18.8 Å². The molecule has 0 aliphatic carbocycles. The summed E-state index contributed by atoms with van der Waals surface area (Å²) in [5.74, 6) is -1.90. The highest BCUT2D eigenvalue weighted by Gasteiger charge is 2.38. The fourth-order valence-electron chi connectivity index (χ4n) is 1.90. The van der Waals surface area contributed by atoms with Gasteiger partial charge in [-0.3, -0.25) is 9.59 Å². The molecule has 1 aliphatic rings. The van der Waals surface area contributed by atoms with Crippen LogP contribution in [0, 0.1) is 5.92 Å². The predicted molar refractivity (Wildman–Crippen MR) is 64.4 cm³/mol. The van der Waals surface area contributed by atoms with E-state index in [9.17, 15) is 18.0 Å². The van der Waals surface area contributed by atoms with Crippen LogP contribution in [-0.2, 0) is 19.6 Å². The molecule has 18 heavy (non-hydrogen) atoms. The lowest BCUT2D eigenvalue weighted by atomic mass is 10.1. The van der Waals surface area contributed by atoms with Crippen LogP contribution < -0.4 is 5.32 Å². The number of nitrogens with zero attached hydrogens (tertiary/aromatic N) is 1. The highest BCUT2D eigenvalue weighted by atomic mass is 32.2. The molecule has 0 aromatic heterocycles. The molecule has 0 radical (unpaired) electrons. The molecule has 104 valence electrons. The number of sulfonamides is 1. The maximum Gasteiger partial charge on any atom is 0.305 e. The number of piperazine rings is 1. The molecule has 1 rings (SSSR count). The molecule has 0 aromatic carbocycles. The monoisotopic (exact) mass is 278 g/mol. The summed E-state index contributed by atoms with van der Waals surface area (Å²) in [6.07, 6.45) is -0.511. The summed E-state index contributed by atoms with van der Waals surface area (Å²) in [5.41, 5.74) is 0. The van der Waals surface area contributed by atoms with E-state index in [1.54, 1.807) is 13.8 Å². The summed E-state index contributed by atoms with van der Waals surface area (Å²) in [6.45, 7) is 3.85. The first-order valence-electron chi connectivity index (χ1n) is 5.73. The number of carboxylic acid groups (broad SMARTS) is 1. The van der Waals surface area contributed by atoms with Crippen LogP contribution in [0.25, 0.3) is 0 Å². The predicted octanol–water partition coefficient (Wildman–Crippen LogP) is -0.753. The molecule has 8 heteroatoms. The molecule has 1 heterocycles. The highest BCUT2D eigenvalue weighted by molar-refractivity contribution is 7.89. The second-order valence-corrected chi connectivity index (χ2v) is 6.65. The average molecular weight is 278 g/mol. The molecule has 7 nitrogen and oxygen atoms in total. The summed E-state index contributed by atoms with van der Waals surface area (Å²) in [7, 11) is -3.60. The molecule has 1 unspecified atom stereocenters. The minimum Gasteiger partial charge on any atom is -0.481 e. The Balaban J connectivity index is 2.95. The fourth-order valence-corrected chi connectivity index (χ4v) is 3.86. The number of carbonyl (C=O) groups excluding carboxylic acids is 1. The van der Waals surface area contributed by atoms with Crippen LogP contribution in [0.15, 0.2) is 0 Å². The van der Waals surface area contributed by atoms with Gasteiger partial charge in [-0.05, 0) is 5.92 Å². The Morgan fingerprint density at radius 2 is 2.17 bits per heavy atom. The van der Waals surface area contributed by atoms with E-state index in [1.165, 1.54) is 0 Å². The molecule has 1 atom stereocenters. The molecular formula is C10H18N2O5S. The van der Waals surface area contributed by atoms with Crippen LogP contribution in [0.2, 0.25) is 0 Å². The van der Waals surface area contributed by atoms with E-state index in [1.807, 2.05) is 0 Å². The molecule has 0 aromatic rings. The van der Waals surface area contributed by atoms with Crippen LogP contribution >= 0.6 is 0 Å². The van der Waals surface area contributed by atoms with Gasteiger partial charge in [-0.25, -0.2) is 8.42 Å². The molecule has 1 saturated heterocycles. The van der Waals surface area contributed by atoms with Gasteiger partial charge >= 0.3 is 5.97 Å². The smallest absolute Gasteiger partial charge is 0.305 e. The minimum absolute atomic E-state index is 0.0783. The number of rotatable bonds is 5. The normalized spacial score (nSPS) is 21.9. The summed E-state index contributed by atoms with van der Waals surface area (Å²) in [4.78, 5) is 22.3. The molecule has 1 fully saturated rings. The van der Waals surface area contributed by atoms with E-state index in [2.05, 4.69) is 5.32 Å². The van der Waals surface area contributed by atoms with Gasteiger partial charge < -0.3 is 10.4 Å². The third kappa shape index (κ3) is 3.67. The van der Waals surface area contributed by atoms with Crippen molar-refractivity contribution in [2.24, 2.45) is 5.92 Å². The van der Waals surface area contributed by atoms with E-state index in [0.717, 1.165) is 4.31 Å². The number of hydrogen-bond donors (Lipinski definition) is 2. The fraction of sp³-hybridized carbons (Fsp3) is 0.800. The Kier molecular flexibility index (Phi) is 4.69. The Hall–Kier alpha value is -1.15. The summed E-state index contributed by atoms with van der Waals surface area (Å²) >= 11 is 0. The van der Waals surface area contributed by atoms with Gasteiger partial charge in [-0.15, -0.1) is 0 Å². The Morgan fingerprint density at radius 1 is 1.56 bits per heavy atom. The van der Waals surface area contributed by atoms with Gasteiger partial charge in [0.25, 0.3) is 0 Å². The van der Waals surface area contributed by atoms with Gasteiger partial charge in [0, 0.05) is 13.1 Å². The zero-order chi connectivity index (χ0) is 13.9. The number of amides is 1. The zero-order valence-corrected chi connectivity index (χ0v) is 11.2. The Morgan fingerprint density at radius 3 is 2.67 bits per heavy atom. The standard InChI is InChI=1S/C10H18N2O5S/c1-7(2)6-18(16,17)12-4-3-11-10(15)8(12)5-9(13)14/h7-8H,3-6H2,1-2H3,(H,11,15)(H,13,14).